The first kappa shape index (κ1) is 19.9. The molecule has 1 aromatic rings. The molecule has 0 spiro atoms. The maximum atomic E-state index is 11.7. The van der Waals surface area contributed by atoms with Crippen LogP contribution in [0.25, 0.3) is 0 Å². The van der Waals surface area contributed by atoms with E-state index >= 15 is 0 Å². The van der Waals surface area contributed by atoms with E-state index in [9.17, 15) is 9.59 Å². The van der Waals surface area contributed by atoms with Crippen molar-refractivity contribution in [3.8, 4) is 5.75 Å². The Bertz CT molecular complexity index is 548. The minimum atomic E-state index is -0.407. The predicted octanol–water partition coefficient (Wildman–Crippen LogP) is 1.87. The molecule has 2 N–H and O–H groups in total. The van der Waals surface area contributed by atoms with E-state index in [2.05, 4.69) is 10.6 Å². The highest BCUT2D eigenvalue weighted by Crippen LogP contribution is 2.15. The van der Waals surface area contributed by atoms with Gasteiger partial charge in [-0.25, -0.2) is 0 Å². The van der Waals surface area contributed by atoms with Crippen LogP contribution in [0, 0.1) is 0 Å². The maximum Gasteiger partial charge on any atom is 0.306 e. The summed E-state index contributed by atoms with van der Waals surface area (Å²) in [5.41, 5.74) is 0.713. The molecule has 0 fully saturated rings. The smallest absolute Gasteiger partial charge is 0.306 e. The Morgan fingerprint density at radius 3 is 2.46 bits per heavy atom. The van der Waals surface area contributed by atoms with Crippen molar-refractivity contribution in [2.45, 2.75) is 19.8 Å². The van der Waals surface area contributed by atoms with Gasteiger partial charge in [0.15, 0.2) is 5.11 Å². The molecule has 0 aliphatic rings. The molecule has 7 nitrogen and oxygen atoms in total. The number of hydrogen-bond donors (Lipinski definition) is 2. The van der Waals surface area contributed by atoms with Gasteiger partial charge >= 0.3 is 5.97 Å². The second-order valence-electron chi connectivity index (χ2n) is 4.67. The Hall–Kier alpha value is -2.19. The number of anilines is 1. The van der Waals surface area contributed by atoms with Gasteiger partial charge in [-0.2, -0.15) is 0 Å². The van der Waals surface area contributed by atoms with Crippen LogP contribution in [-0.2, 0) is 19.1 Å². The number of carbonyl (C=O) groups excluding carboxylic acids is 2. The summed E-state index contributed by atoms with van der Waals surface area (Å²) in [7, 11) is 1.61. The van der Waals surface area contributed by atoms with Gasteiger partial charge in [0.05, 0.1) is 19.6 Å². The van der Waals surface area contributed by atoms with E-state index in [0.29, 0.717) is 31.3 Å². The SMILES string of the molecule is CCOC(=O)CCC(=O)NC(=S)Nc1ccc(OCCOC)cc1. The fourth-order valence-electron chi connectivity index (χ4n) is 1.68. The predicted molar refractivity (Wildman–Crippen MR) is 94.0 cm³/mol. The number of carbonyl (C=O) groups is 2. The van der Waals surface area contributed by atoms with Crippen molar-refractivity contribution < 1.29 is 23.8 Å². The number of esters is 1. The van der Waals surface area contributed by atoms with E-state index in [-0.39, 0.29) is 23.9 Å². The summed E-state index contributed by atoms with van der Waals surface area (Å²) in [6, 6.07) is 7.12. The van der Waals surface area contributed by atoms with Crippen LogP contribution in [-0.4, -0.2) is 43.9 Å². The van der Waals surface area contributed by atoms with Crippen LogP contribution in [0.2, 0.25) is 0 Å². The van der Waals surface area contributed by atoms with Crippen molar-refractivity contribution >= 4 is 34.9 Å². The average Bonchev–Trinajstić information content (AvgIpc) is 2.55. The minimum Gasteiger partial charge on any atom is -0.491 e. The van der Waals surface area contributed by atoms with Crippen molar-refractivity contribution in [3.63, 3.8) is 0 Å². The van der Waals surface area contributed by atoms with Gasteiger partial charge in [0, 0.05) is 19.2 Å². The molecule has 0 bridgehead atoms. The van der Waals surface area contributed by atoms with Crippen LogP contribution in [0.5, 0.6) is 5.75 Å². The first-order chi connectivity index (χ1) is 11.5. The monoisotopic (exact) mass is 354 g/mol. The maximum absolute atomic E-state index is 11.7. The number of rotatable bonds is 9. The van der Waals surface area contributed by atoms with Crippen LogP contribution in [0.3, 0.4) is 0 Å². The van der Waals surface area contributed by atoms with Gasteiger partial charge in [-0.05, 0) is 43.4 Å². The molecular formula is C16H22N2O5S. The highest BCUT2D eigenvalue weighted by Gasteiger charge is 2.09. The molecule has 8 heteroatoms. The zero-order valence-electron chi connectivity index (χ0n) is 13.8. The van der Waals surface area contributed by atoms with Crippen molar-refractivity contribution in [2.75, 3.05) is 32.2 Å². The second kappa shape index (κ2) is 11.4. The van der Waals surface area contributed by atoms with E-state index in [0.717, 1.165) is 0 Å². The van der Waals surface area contributed by atoms with Crippen LogP contribution in [0.1, 0.15) is 19.8 Å². The largest absolute Gasteiger partial charge is 0.491 e. The number of thiocarbonyl (C=S) groups is 1. The Balaban J connectivity index is 2.33. The van der Waals surface area contributed by atoms with Crippen LogP contribution in [0.4, 0.5) is 5.69 Å². The lowest BCUT2D eigenvalue weighted by atomic mass is 10.3. The quantitative estimate of drug-likeness (QED) is 0.398. The molecule has 0 heterocycles. The molecule has 0 aromatic heterocycles. The van der Waals surface area contributed by atoms with E-state index in [4.69, 9.17) is 26.4 Å². The van der Waals surface area contributed by atoms with E-state index < -0.39 is 5.97 Å². The van der Waals surface area contributed by atoms with Gasteiger partial charge in [-0.3, -0.25) is 9.59 Å². The first-order valence-electron chi connectivity index (χ1n) is 7.53. The van der Waals surface area contributed by atoms with Gasteiger partial charge in [-0.1, -0.05) is 0 Å². The summed E-state index contributed by atoms with van der Waals surface area (Å²) in [6.07, 6.45) is 0.0444. The molecule has 0 saturated heterocycles. The number of methoxy groups -OCH3 is 1. The highest BCUT2D eigenvalue weighted by molar-refractivity contribution is 7.80. The average molecular weight is 354 g/mol. The summed E-state index contributed by atoms with van der Waals surface area (Å²) >= 11 is 5.05. The second-order valence-corrected chi connectivity index (χ2v) is 5.08. The fraction of sp³-hybridized carbons (Fsp3) is 0.438. The standard InChI is InChI=1S/C16H22N2O5S/c1-3-22-15(20)9-8-14(19)18-16(24)17-12-4-6-13(7-5-12)23-11-10-21-2/h4-7H,3,8-11H2,1-2H3,(H2,17,18,19,24). The normalized spacial score (nSPS) is 9.92. The van der Waals surface area contributed by atoms with Crippen LogP contribution < -0.4 is 15.4 Å². The third kappa shape index (κ3) is 8.44. The molecule has 0 unspecified atom stereocenters. The van der Waals surface area contributed by atoms with Crippen molar-refractivity contribution in [3.05, 3.63) is 24.3 Å². The summed E-state index contributed by atoms with van der Waals surface area (Å²) in [5, 5.41) is 5.56. The number of amides is 1. The number of ether oxygens (including phenoxy) is 3. The molecule has 0 aliphatic carbocycles. The molecule has 24 heavy (non-hydrogen) atoms. The molecule has 1 amide bonds. The number of benzene rings is 1. The van der Waals surface area contributed by atoms with Crippen molar-refractivity contribution in [2.24, 2.45) is 0 Å². The Kier molecular flexibility index (Phi) is 9.40. The summed E-state index contributed by atoms with van der Waals surface area (Å²) in [6.45, 7) is 3.00. The Morgan fingerprint density at radius 1 is 1.12 bits per heavy atom. The Labute approximate surface area is 146 Å². The van der Waals surface area contributed by atoms with E-state index in [1.165, 1.54) is 0 Å². The highest BCUT2D eigenvalue weighted by atomic mass is 32.1. The number of nitrogens with one attached hydrogen (secondary N) is 2. The first-order valence-corrected chi connectivity index (χ1v) is 7.94. The zero-order valence-corrected chi connectivity index (χ0v) is 14.6. The summed E-state index contributed by atoms with van der Waals surface area (Å²) in [5.74, 6) is -0.0438. The molecule has 1 rings (SSSR count). The minimum absolute atomic E-state index is 0.0208. The summed E-state index contributed by atoms with van der Waals surface area (Å²) < 4.78 is 15.1. The third-order valence-corrected chi connectivity index (χ3v) is 2.99. The molecule has 0 aliphatic heterocycles. The van der Waals surface area contributed by atoms with Gasteiger partial charge in [0.2, 0.25) is 5.91 Å². The number of hydrogen-bond acceptors (Lipinski definition) is 6. The zero-order chi connectivity index (χ0) is 17.8. The van der Waals surface area contributed by atoms with Gasteiger partial charge in [0.1, 0.15) is 12.4 Å². The molecule has 0 atom stereocenters. The van der Waals surface area contributed by atoms with Crippen LogP contribution >= 0.6 is 12.2 Å². The lowest BCUT2D eigenvalue weighted by Crippen LogP contribution is -2.34. The molecule has 0 radical (unpaired) electrons. The van der Waals surface area contributed by atoms with Gasteiger partial charge < -0.3 is 24.8 Å². The van der Waals surface area contributed by atoms with Crippen LogP contribution in [0.15, 0.2) is 24.3 Å². The molecule has 132 valence electrons. The Morgan fingerprint density at radius 2 is 1.83 bits per heavy atom. The van der Waals surface area contributed by atoms with Crippen molar-refractivity contribution in [1.29, 1.82) is 0 Å². The van der Waals surface area contributed by atoms with Gasteiger partial charge in [0.25, 0.3) is 0 Å². The molecule has 0 saturated carbocycles. The van der Waals surface area contributed by atoms with Gasteiger partial charge in [-0.15, -0.1) is 0 Å². The topological polar surface area (TPSA) is 85.9 Å². The third-order valence-electron chi connectivity index (χ3n) is 2.78. The lowest BCUT2D eigenvalue weighted by Gasteiger charge is -2.10. The summed E-state index contributed by atoms with van der Waals surface area (Å²) in [4.78, 5) is 22.9. The molecular weight excluding hydrogens is 332 g/mol. The van der Waals surface area contributed by atoms with E-state index in [1.807, 2.05) is 0 Å². The van der Waals surface area contributed by atoms with Crippen molar-refractivity contribution in [1.82, 2.24) is 5.32 Å². The fourth-order valence-corrected chi connectivity index (χ4v) is 1.91. The molecule has 1 aromatic carbocycles. The lowest BCUT2D eigenvalue weighted by molar-refractivity contribution is -0.144. The van der Waals surface area contributed by atoms with E-state index in [1.54, 1.807) is 38.3 Å².